The molecule has 1 aromatic carbocycles. The van der Waals surface area contributed by atoms with Crippen molar-refractivity contribution in [1.82, 2.24) is 5.32 Å². The average Bonchev–Trinajstić information content (AvgIpc) is 2.59. The first-order valence-corrected chi connectivity index (χ1v) is 8.19. The Morgan fingerprint density at radius 1 is 1.12 bits per heavy atom. The number of carbonyl (C=O) groups is 3. The number of anilines is 1. The largest absolute Gasteiger partial charge is 0.462 e. The minimum atomic E-state index is -1.30. The van der Waals surface area contributed by atoms with E-state index in [1.807, 2.05) is 0 Å². The van der Waals surface area contributed by atoms with Crippen LogP contribution in [0.4, 0.5) is 5.69 Å². The molecular formula is C18H26N2O5. The molecule has 0 heterocycles. The number of nitrogens with one attached hydrogen (secondary N) is 2. The van der Waals surface area contributed by atoms with E-state index in [1.54, 1.807) is 38.3 Å². The summed E-state index contributed by atoms with van der Waals surface area (Å²) in [4.78, 5) is 36.8. The van der Waals surface area contributed by atoms with E-state index in [4.69, 9.17) is 9.47 Å². The van der Waals surface area contributed by atoms with Crippen molar-refractivity contribution in [3.63, 3.8) is 0 Å². The molecule has 1 rings (SSSR count). The van der Waals surface area contributed by atoms with Gasteiger partial charge in [0.25, 0.3) is 0 Å². The molecule has 0 saturated carbocycles. The molecular weight excluding hydrogens is 324 g/mol. The molecule has 0 spiro atoms. The number of hydrogen-bond acceptors (Lipinski definition) is 5. The molecule has 0 aliphatic rings. The molecule has 0 bridgehead atoms. The van der Waals surface area contributed by atoms with Crippen molar-refractivity contribution < 1.29 is 23.9 Å². The third-order valence-corrected chi connectivity index (χ3v) is 3.62. The first-order chi connectivity index (χ1) is 11.8. The normalized spacial score (nSPS) is 10.9. The van der Waals surface area contributed by atoms with Crippen molar-refractivity contribution in [2.45, 2.75) is 27.2 Å². The van der Waals surface area contributed by atoms with Gasteiger partial charge in [0.15, 0.2) is 0 Å². The molecule has 0 radical (unpaired) electrons. The van der Waals surface area contributed by atoms with Crippen molar-refractivity contribution >= 4 is 23.5 Å². The molecule has 25 heavy (non-hydrogen) atoms. The maximum atomic E-state index is 12.5. The fourth-order valence-corrected chi connectivity index (χ4v) is 2.00. The van der Waals surface area contributed by atoms with E-state index in [2.05, 4.69) is 10.6 Å². The molecule has 0 atom stereocenters. The molecule has 0 aromatic heterocycles. The highest BCUT2D eigenvalue weighted by Crippen LogP contribution is 2.22. The van der Waals surface area contributed by atoms with Gasteiger partial charge >= 0.3 is 5.97 Å². The second-order valence-electron chi connectivity index (χ2n) is 5.95. The van der Waals surface area contributed by atoms with E-state index in [1.165, 1.54) is 13.8 Å². The van der Waals surface area contributed by atoms with E-state index in [0.717, 1.165) is 0 Å². The summed E-state index contributed by atoms with van der Waals surface area (Å²) in [7, 11) is 1.58. The number of rotatable bonds is 9. The van der Waals surface area contributed by atoms with Crippen LogP contribution in [0.5, 0.6) is 0 Å². The second kappa shape index (κ2) is 9.78. The lowest BCUT2D eigenvalue weighted by atomic mass is 9.90. The topological polar surface area (TPSA) is 93.7 Å². The van der Waals surface area contributed by atoms with E-state index in [-0.39, 0.29) is 12.2 Å². The number of para-hydroxylation sites is 1. The summed E-state index contributed by atoms with van der Waals surface area (Å²) in [6.45, 7) is 5.94. The molecule has 0 aliphatic carbocycles. The van der Waals surface area contributed by atoms with Crippen LogP contribution in [0.25, 0.3) is 0 Å². The van der Waals surface area contributed by atoms with Crippen molar-refractivity contribution in [3.05, 3.63) is 29.8 Å². The maximum absolute atomic E-state index is 12.5. The molecule has 2 amide bonds. The Labute approximate surface area is 148 Å². The van der Waals surface area contributed by atoms with Gasteiger partial charge in [0.1, 0.15) is 5.41 Å². The highest BCUT2D eigenvalue weighted by atomic mass is 16.5. The highest BCUT2D eigenvalue weighted by Gasteiger charge is 2.36. The van der Waals surface area contributed by atoms with Crippen molar-refractivity contribution in [2.24, 2.45) is 5.41 Å². The van der Waals surface area contributed by atoms with Crippen LogP contribution in [-0.4, -0.2) is 44.7 Å². The van der Waals surface area contributed by atoms with Gasteiger partial charge in [-0.25, -0.2) is 4.79 Å². The Balaban J connectivity index is 2.80. The first kappa shape index (κ1) is 20.6. The van der Waals surface area contributed by atoms with E-state index < -0.39 is 23.2 Å². The molecule has 7 heteroatoms. The predicted octanol–water partition coefficient (Wildman–Crippen LogP) is 1.98. The average molecular weight is 350 g/mol. The van der Waals surface area contributed by atoms with E-state index in [9.17, 15) is 14.4 Å². The Morgan fingerprint density at radius 2 is 1.80 bits per heavy atom. The molecule has 1 aromatic rings. The Morgan fingerprint density at radius 3 is 2.44 bits per heavy atom. The van der Waals surface area contributed by atoms with Gasteiger partial charge in [-0.1, -0.05) is 12.1 Å². The highest BCUT2D eigenvalue weighted by molar-refractivity contribution is 6.11. The van der Waals surface area contributed by atoms with E-state index >= 15 is 0 Å². The predicted molar refractivity (Wildman–Crippen MR) is 94.3 cm³/mol. The molecule has 2 N–H and O–H groups in total. The van der Waals surface area contributed by atoms with Gasteiger partial charge in [-0.05, 0) is 39.3 Å². The third kappa shape index (κ3) is 5.86. The van der Waals surface area contributed by atoms with E-state index in [0.29, 0.717) is 25.3 Å². The molecule has 0 aliphatic heterocycles. The van der Waals surface area contributed by atoms with Gasteiger partial charge < -0.3 is 20.1 Å². The zero-order valence-corrected chi connectivity index (χ0v) is 15.2. The van der Waals surface area contributed by atoms with Crippen LogP contribution in [0, 0.1) is 5.41 Å². The van der Waals surface area contributed by atoms with Gasteiger partial charge in [-0.3, -0.25) is 9.59 Å². The van der Waals surface area contributed by atoms with Crippen molar-refractivity contribution in [2.75, 3.05) is 32.2 Å². The summed E-state index contributed by atoms with van der Waals surface area (Å²) in [5.41, 5.74) is -0.741. The smallest absolute Gasteiger partial charge is 0.340 e. The molecule has 0 fully saturated rings. The zero-order chi connectivity index (χ0) is 18.9. The summed E-state index contributed by atoms with van der Waals surface area (Å²) in [6, 6.07) is 6.52. The summed E-state index contributed by atoms with van der Waals surface area (Å²) >= 11 is 0. The SMILES string of the molecule is CCOC(=O)c1ccccc1NC(=O)C(C)(C)C(=O)NCCCOC. The fourth-order valence-electron chi connectivity index (χ4n) is 2.00. The van der Waals surface area contributed by atoms with Crippen LogP contribution in [0.3, 0.4) is 0 Å². The summed E-state index contributed by atoms with van der Waals surface area (Å²) in [5.74, 6) is -1.43. The standard InChI is InChI=1S/C18H26N2O5/c1-5-25-15(21)13-9-6-7-10-14(13)20-17(23)18(2,3)16(22)19-11-8-12-24-4/h6-7,9-10H,5,8,11-12H2,1-4H3,(H,19,22)(H,20,23). The third-order valence-electron chi connectivity index (χ3n) is 3.62. The van der Waals surface area contributed by atoms with Crippen LogP contribution in [-0.2, 0) is 19.1 Å². The number of methoxy groups -OCH3 is 1. The minimum Gasteiger partial charge on any atom is -0.462 e. The quantitative estimate of drug-likeness (QED) is 0.403. The monoisotopic (exact) mass is 350 g/mol. The number of hydrogen-bond donors (Lipinski definition) is 2. The van der Waals surface area contributed by atoms with Gasteiger partial charge in [0.2, 0.25) is 11.8 Å². The van der Waals surface area contributed by atoms with Gasteiger partial charge in [-0.2, -0.15) is 0 Å². The fraction of sp³-hybridized carbons (Fsp3) is 0.500. The van der Waals surface area contributed by atoms with Crippen molar-refractivity contribution in [3.8, 4) is 0 Å². The molecule has 0 saturated heterocycles. The van der Waals surface area contributed by atoms with Gasteiger partial charge in [0.05, 0.1) is 17.9 Å². The Hall–Kier alpha value is -2.41. The molecule has 0 unspecified atom stereocenters. The van der Waals surface area contributed by atoms with Crippen LogP contribution >= 0.6 is 0 Å². The summed E-state index contributed by atoms with van der Waals surface area (Å²) < 4.78 is 9.89. The lowest BCUT2D eigenvalue weighted by Crippen LogP contribution is -2.45. The number of esters is 1. The van der Waals surface area contributed by atoms with Crippen LogP contribution in [0.1, 0.15) is 37.6 Å². The van der Waals surface area contributed by atoms with Crippen LogP contribution in [0.15, 0.2) is 24.3 Å². The summed E-state index contributed by atoms with van der Waals surface area (Å²) in [5, 5.41) is 5.36. The Bertz CT molecular complexity index is 613. The number of ether oxygens (including phenoxy) is 2. The van der Waals surface area contributed by atoms with Crippen LogP contribution < -0.4 is 10.6 Å². The van der Waals surface area contributed by atoms with Gasteiger partial charge in [0, 0.05) is 20.3 Å². The minimum absolute atomic E-state index is 0.233. The lowest BCUT2D eigenvalue weighted by Gasteiger charge is -2.23. The first-order valence-electron chi connectivity index (χ1n) is 8.19. The molecule has 138 valence electrons. The molecule has 7 nitrogen and oxygen atoms in total. The zero-order valence-electron chi connectivity index (χ0n) is 15.2. The number of amides is 2. The summed E-state index contributed by atoms with van der Waals surface area (Å²) in [6.07, 6.45) is 0.658. The van der Waals surface area contributed by atoms with Crippen LogP contribution in [0.2, 0.25) is 0 Å². The number of carbonyl (C=O) groups excluding carboxylic acids is 3. The van der Waals surface area contributed by atoms with Gasteiger partial charge in [-0.15, -0.1) is 0 Å². The second-order valence-corrected chi connectivity index (χ2v) is 5.95. The number of benzene rings is 1. The maximum Gasteiger partial charge on any atom is 0.340 e. The Kier molecular flexibility index (Phi) is 8.07. The lowest BCUT2D eigenvalue weighted by molar-refractivity contribution is -0.138. The van der Waals surface area contributed by atoms with Crippen molar-refractivity contribution in [1.29, 1.82) is 0 Å².